The minimum absolute atomic E-state index is 0.0937. The average molecular weight is 477 g/mol. The van der Waals surface area contributed by atoms with Crippen LogP contribution in [0.2, 0.25) is 0 Å². The van der Waals surface area contributed by atoms with E-state index in [1.54, 1.807) is 5.56 Å². The van der Waals surface area contributed by atoms with Crippen molar-refractivity contribution in [2.24, 2.45) is 0 Å². The molecule has 0 radical (unpaired) electrons. The van der Waals surface area contributed by atoms with Crippen LogP contribution in [0, 0.1) is 0 Å². The molecule has 0 spiro atoms. The molecule has 0 saturated carbocycles. The van der Waals surface area contributed by atoms with E-state index >= 15 is 0 Å². The Balaban J connectivity index is 2.84. The summed E-state index contributed by atoms with van der Waals surface area (Å²) in [5.74, 6) is 0.434. The minimum atomic E-state index is 0.0937. The summed E-state index contributed by atoms with van der Waals surface area (Å²) in [7, 11) is 0. The summed E-state index contributed by atoms with van der Waals surface area (Å²) in [6, 6.07) is 12.2. The molecule has 2 aromatic carbocycles. The molecule has 2 aromatic rings. The maximum atomic E-state index is 2.59. The third-order valence-electron chi connectivity index (χ3n) is 7.45. The number of hydrogen-bond donors (Lipinski definition) is 0. The van der Waals surface area contributed by atoms with Crippen molar-refractivity contribution in [1.29, 1.82) is 0 Å². The van der Waals surface area contributed by atoms with E-state index < -0.39 is 0 Å². The van der Waals surface area contributed by atoms with Crippen LogP contribution in [0.25, 0.3) is 0 Å². The van der Waals surface area contributed by atoms with Crippen molar-refractivity contribution in [2.75, 3.05) is 0 Å². The maximum Gasteiger partial charge on any atom is -0.0129 e. The van der Waals surface area contributed by atoms with Gasteiger partial charge in [0, 0.05) is 0 Å². The minimum Gasteiger partial charge on any atom is -0.0617 e. The van der Waals surface area contributed by atoms with Gasteiger partial charge in [0.15, 0.2) is 0 Å². The molecule has 0 heterocycles. The van der Waals surface area contributed by atoms with Crippen molar-refractivity contribution >= 4 is 0 Å². The Morgan fingerprint density at radius 3 is 1.17 bits per heavy atom. The van der Waals surface area contributed by atoms with Crippen molar-refractivity contribution in [3.05, 3.63) is 69.3 Å². The highest BCUT2D eigenvalue weighted by atomic mass is 14.4. The lowest BCUT2D eigenvalue weighted by Crippen LogP contribution is -2.26. The Morgan fingerprint density at radius 2 is 0.829 bits per heavy atom. The zero-order valence-corrected chi connectivity index (χ0v) is 26.2. The van der Waals surface area contributed by atoms with E-state index in [0.29, 0.717) is 5.92 Å². The highest BCUT2D eigenvalue weighted by molar-refractivity contribution is 5.50. The predicted molar refractivity (Wildman–Crippen MR) is 159 cm³/mol. The van der Waals surface area contributed by atoms with Crippen LogP contribution in [0.3, 0.4) is 0 Å². The first-order chi connectivity index (χ1) is 15.5. The van der Waals surface area contributed by atoms with Gasteiger partial charge in [0.1, 0.15) is 0 Å². The third kappa shape index (κ3) is 6.81. The lowest BCUT2D eigenvalue weighted by atomic mass is 9.68. The molecule has 0 nitrogen and oxygen atoms in total. The Kier molecular flexibility index (Phi) is 7.96. The molecular weight excluding hydrogens is 420 g/mol. The number of rotatable bonds is 3. The highest BCUT2D eigenvalue weighted by Crippen LogP contribution is 2.43. The normalized spacial score (nSPS) is 14.9. The van der Waals surface area contributed by atoms with Crippen molar-refractivity contribution in [1.82, 2.24) is 0 Å². The van der Waals surface area contributed by atoms with Crippen LogP contribution in [0.15, 0.2) is 30.3 Å². The maximum absolute atomic E-state index is 2.59. The molecule has 0 amide bonds. The van der Waals surface area contributed by atoms with Crippen LogP contribution in [0.1, 0.15) is 156 Å². The summed E-state index contributed by atoms with van der Waals surface area (Å²) >= 11 is 0. The second-order valence-electron chi connectivity index (χ2n) is 16.2. The van der Waals surface area contributed by atoms with Crippen LogP contribution in [-0.4, -0.2) is 0 Å². The highest BCUT2D eigenvalue weighted by Gasteiger charge is 2.32. The molecule has 196 valence electrons. The van der Waals surface area contributed by atoms with Gasteiger partial charge >= 0.3 is 0 Å². The molecule has 0 aromatic heterocycles. The molecular formula is C35H56. The van der Waals surface area contributed by atoms with Gasteiger partial charge in [-0.15, -0.1) is 0 Å². The van der Waals surface area contributed by atoms with Gasteiger partial charge in [-0.05, 0) is 78.4 Å². The van der Waals surface area contributed by atoms with Crippen molar-refractivity contribution in [3.63, 3.8) is 0 Å². The zero-order valence-electron chi connectivity index (χ0n) is 26.2. The quantitative estimate of drug-likeness (QED) is 0.413. The fourth-order valence-electron chi connectivity index (χ4n) is 5.54. The Hall–Kier alpha value is -1.56. The first kappa shape index (κ1) is 29.7. The standard InChI is InChI=1S/C35H56/c1-23(20-25-26(31(2,3)4)18-17-19-27(25)32(5,6)7)24-21-29(34(11,12)13)30(35(14,15)16)22-28(24)33(8,9)10/h17-19,21-23H,20H2,1-16H3. The van der Waals surface area contributed by atoms with E-state index in [2.05, 4.69) is 141 Å². The molecule has 35 heavy (non-hydrogen) atoms. The molecule has 0 aliphatic rings. The van der Waals surface area contributed by atoms with E-state index in [1.165, 1.54) is 33.4 Å². The molecule has 0 N–H and O–H groups in total. The summed E-state index contributed by atoms with van der Waals surface area (Å²) in [6.07, 6.45) is 1.07. The summed E-state index contributed by atoms with van der Waals surface area (Å²) in [5.41, 5.74) is 11.1. The summed E-state index contributed by atoms with van der Waals surface area (Å²) in [6.45, 7) is 38.0. The van der Waals surface area contributed by atoms with Crippen LogP contribution in [-0.2, 0) is 33.5 Å². The van der Waals surface area contributed by atoms with Gasteiger partial charge in [-0.2, -0.15) is 0 Å². The predicted octanol–water partition coefficient (Wildman–Crippen LogP) is 10.5. The van der Waals surface area contributed by atoms with Gasteiger partial charge in [0.2, 0.25) is 0 Å². The Morgan fingerprint density at radius 1 is 0.486 bits per heavy atom. The second-order valence-corrected chi connectivity index (χ2v) is 16.2. The largest absolute Gasteiger partial charge is 0.0617 e. The van der Waals surface area contributed by atoms with Gasteiger partial charge in [-0.1, -0.05) is 141 Å². The fourth-order valence-corrected chi connectivity index (χ4v) is 5.54. The molecule has 0 fully saturated rings. The molecule has 0 aliphatic carbocycles. The summed E-state index contributed by atoms with van der Waals surface area (Å²) in [4.78, 5) is 0. The zero-order chi connectivity index (χ0) is 27.4. The van der Waals surface area contributed by atoms with E-state index in [1.807, 2.05) is 0 Å². The van der Waals surface area contributed by atoms with Crippen LogP contribution in [0.4, 0.5) is 0 Å². The van der Waals surface area contributed by atoms with Crippen LogP contribution >= 0.6 is 0 Å². The number of benzene rings is 2. The average Bonchev–Trinajstić information content (AvgIpc) is 2.63. The molecule has 2 rings (SSSR count). The number of hydrogen-bond acceptors (Lipinski definition) is 0. The topological polar surface area (TPSA) is 0 Å². The van der Waals surface area contributed by atoms with E-state index in [9.17, 15) is 0 Å². The second kappa shape index (κ2) is 9.39. The molecule has 0 bridgehead atoms. The molecule has 0 saturated heterocycles. The first-order valence-corrected chi connectivity index (χ1v) is 13.8. The Bertz CT molecular complexity index is 996. The van der Waals surface area contributed by atoms with Gasteiger partial charge in [0.05, 0.1) is 0 Å². The van der Waals surface area contributed by atoms with E-state index in [4.69, 9.17) is 0 Å². The molecule has 0 heteroatoms. The third-order valence-corrected chi connectivity index (χ3v) is 7.45. The van der Waals surface area contributed by atoms with Gasteiger partial charge in [0.25, 0.3) is 0 Å². The van der Waals surface area contributed by atoms with Crippen LogP contribution in [0.5, 0.6) is 0 Å². The van der Waals surface area contributed by atoms with Crippen molar-refractivity contribution < 1.29 is 0 Å². The lowest BCUT2D eigenvalue weighted by Gasteiger charge is -2.36. The van der Waals surface area contributed by atoms with E-state index in [-0.39, 0.29) is 27.1 Å². The van der Waals surface area contributed by atoms with Gasteiger partial charge < -0.3 is 0 Å². The smallest absolute Gasteiger partial charge is 0.0129 e. The SMILES string of the molecule is CC(Cc1c(C(C)(C)C)cccc1C(C)(C)C)c1cc(C(C)(C)C)c(C(C)(C)C)cc1C(C)(C)C. The van der Waals surface area contributed by atoms with Gasteiger partial charge in [-0.3, -0.25) is 0 Å². The van der Waals surface area contributed by atoms with Crippen molar-refractivity contribution in [3.8, 4) is 0 Å². The molecule has 0 aliphatic heterocycles. The fraction of sp³-hybridized carbons (Fsp3) is 0.657. The summed E-state index contributed by atoms with van der Waals surface area (Å²) in [5, 5.41) is 0. The van der Waals surface area contributed by atoms with Crippen LogP contribution < -0.4 is 0 Å². The van der Waals surface area contributed by atoms with Gasteiger partial charge in [-0.25, -0.2) is 0 Å². The van der Waals surface area contributed by atoms with E-state index in [0.717, 1.165) is 6.42 Å². The Labute approximate surface area is 219 Å². The first-order valence-electron chi connectivity index (χ1n) is 13.8. The summed E-state index contributed by atoms with van der Waals surface area (Å²) < 4.78 is 0. The monoisotopic (exact) mass is 476 g/mol. The molecule has 1 unspecified atom stereocenters. The van der Waals surface area contributed by atoms with Crippen molar-refractivity contribution in [2.45, 2.75) is 150 Å². The lowest BCUT2D eigenvalue weighted by molar-refractivity contribution is 0.514. The molecule has 1 atom stereocenters.